The van der Waals surface area contributed by atoms with Gasteiger partial charge >= 0.3 is 0 Å². The van der Waals surface area contributed by atoms with Crippen molar-refractivity contribution in [1.82, 2.24) is 5.32 Å². The Bertz CT molecular complexity index is 400. The van der Waals surface area contributed by atoms with Crippen molar-refractivity contribution in [3.63, 3.8) is 0 Å². The number of benzene rings is 1. The minimum absolute atomic E-state index is 0.154. The summed E-state index contributed by atoms with van der Waals surface area (Å²) in [6, 6.07) is 9.50. The summed E-state index contributed by atoms with van der Waals surface area (Å²) in [6.45, 7) is 2.13. The lowest BCUT2D eigenvalue weighted by Gasteiger charge is -2.30. The zero-order valence-corrected chi connectivity index (χ0v) is 12.2. The van der Waals surface area contributed by atoms with E-state index in [0.717, 1.165) is 11.3 Å². The van der Waals surface area contributed by atoms with Crippen LogP contribution in [0.15, 0.2) is 30.3 Å². The Morgan fingerprint density at radius 3 is 2.58 bits per heavy atom. The Balaban J connectivity index is 2.85. The van der Waals surface area contributed by atoms with Crippen LogP contribution >= 0.6 is 11.8 Å². The first-order chi connectivity index (χ1) is 9.06. The van der Waals surface area contributed by atoms with Crippen LogP contribution in [-0.2, 0) is 10.3 Å². The first-order valence-corrected chi connectivity index (χ1v) is 7.45. The number of primary amides is 1. The number of hydrogen-bond acceptors (Lipinski definition) is 4. The molecule has 1 aromatic rings. The lowest BCUT2D eigenvalue weighted by atomic mass is 9.91. The van der Waals surface area contributed by atoms with Gasteiger partial charge in [-0.05, 0) is 24.3 Å². The number of nitrogens with one attached hydrogen (secondary N) is 1. The standard InChI is InChI=1S/C14H22N2O2S/c1-11(8-17)9-19-10-14(16-2,13(15)18)12-6-4-3-5-7-12/h3-7,11,16-17H,8-10H2,1-2H3,(H2,15,18). The first-order valence-electron chi connectivity index (χ1n) is 6.29. The summed E-state index contributed by atoms with van der Waals surface area (Å²) in [6.07, 6.45) is 0. The van der Waals surface area contributed by atoms with E-state index in [1.807, 2.05) is 37.3 Å². The maximum absolute atomic E-state index is 11.9. The molecule has 0 saturated carbocycles. The highest BCUT2D eigenvalue weighted by atomic mass is 32.2. The van der Waals surface area contributed by atoms with Crippen LogP contribution in [-0.4, -0.2) is 36.2 Å². The van der Waals surface area contributed by atoms with Crippen LogP contribution < -0.4 is 11.1 Å². The molecule has 2 unspecified atom stereocenters. The molecule has 106 valence electrons. The summed E-state index contributed by atoms with van der Waals surface area (Å²) >= 11 is 1.62. The fourth-order valence-electron chi connectivity index (χ4n) is 1.83. The van der Waals surface area contributed by atoms with Crippen molar-refractivity contribution in [3.05, 3.63) is 35.9 Å². The second kappa shape index (κ2) is 7.53. The Kier molecular flexibility index (Phi) is 6.34. The van der Waals surface area contributed by atoms with Gasteiger partial charge in [0.25, 0.3) is 0 Å². The van der Waals surface area contributed by atoms with Gasteiger partial charge in [0.2, 0.25) is 5.91 Å². The quantitative estimate of drug-likeness (QED) is 0.663. The van der Waals surface area contributed by atoms with E-state index >= 15 is 0 Å². The molecular formula is C14H22N2O2S. The molecule has 4 nitrogen and oxygen atoms in total. The summed E-state index contributed by atoms with van der Waals surface area (Å²) in [5.41, 5.74) is 5.61. The van der Waals surface area contributed by atoms with Crippen molar-refractivity contribution >= 4 is 17.7 Å². The number of likely N-dealkylation sites (N-methyl/N-ethyl adjacent to an activating group) is 1. The lowest BCUT2D eigenvalue weighted by Crippen LogP contribution is -2.53. The molecule has 0 aliphatic carbocycles. The number of thioether (sulfide) groups is 1. The molecule has 0 heterocycles. The summed E-state index contributed by atoms with van der Waals surface area (Å²) in [5.74, 6) is 1.17. The van der Waals surface area contributed by atoms with Crippen LogP contribution in [0.1, 0.15) is 12.5 Å². The fourth-order valence-corrected chi connectivity index (χ4v) is 3.21. The van der Waals surface area contributed by atoms with Gasteiger partial charge in [0, 0.05) is 12.4 Å². The highest BCUT2D eigenvalue weighted by Gasteiger charge is 2.36. The van der Waals surface area contributed by atoms with E-state index in [1.165, 1.54) is 0 Å². The molecule has 5 heteroatoms. The molecule has 2 atom stereocenters. The molecule has 0 bridgehead atoms. The second-order valence-electron chi connectivity index (χ2n) is 4.69. The Labute approximate surface area is 118 Å². The molecule has 1 rings (SSSR count). The van der Waals surface area contributed by atoms with E-state index < -0.39 is 5.54 Å². The van der Waals surface area contributed by atoms with Crippen molar-refractivity contribution in [2.45, 2.75) is 12.5 Å². The average Bonchev–Trinajstić information content (AvgIpc) is 2.44. The topological polar surface area (TPSA) is 75.3 Å². The second-order valence-corrected chi connectivity index (χ2v) is 5.72. The molecule has 1 aromatic carbocycles. The predicted molar refractivity (Wildman–Crippen MR) is 79.9 cm³/mol. The predicted octanol–water partition coefficient (Wildman–Crippen LogP) is 0.948. The van der Waals surface area contributed by atoms with Crippen LogP contribution in [0.3, 0.4) is 0 Å². The number of rotatable bonds is 8. The van der Waals surface area contributed by atoms with Crippen molar-refractivity contribution in [2.75, 3.05) is 25.2 Å². The van der Waals surface area contributed by atoms with Crippen LogP contribution in [0, 0.1) is 5.92 Å². The molecule has 4 N–H and O–H groups in total. The highest BCUT2D eigenvalue weighted by Crippen LogP contribution is 2.26. The monoisotopic (exact) mass is 282 g/mol. The van der Waals surface area contributed by atoms with Gasteiger partial charge in [-0.25, -0.2) is 0 Å². The molecule has 0 aromatic heterocycles. The normalized spacial score (nSPS) is 15.7. The van der Waals surface area contributed by atoms with Crippen molar-refractivity contribution < 1.29 is 9.90 Å². The number of aliphatic hydroxyl groups excluding tert-OH is 1. The number of carbonyl (C=O) groups excluding carboxylic acids is 1. The SMILES string of the molecule is CNC(CSCC(C)CO)(C(N)=O)c1ccccc1. The van der Waals surface area contributed by atoms with Gasteiger partial charge in [-0.1, -0.05) is 37.3 Å². The molecule has 0 spiro atoms. The van der Waals surface area contributed by atoms with Gasteiger partial charge in [0.1, 0.15) is 5.54 Å². The zero-order valence-electron chi connectivity index (χ0n) is 11.4. The number of aliphatic hydroxyl groups is 1. The minimum atomic E-state index is -0.860. The largest absolute Gasteiger partial charge is 0.396 e. The van der Waals surface area contributed by atoms with E-state index in [1.54, 1.807) is 18.8 Å². The molecule has 0 aliphatic rings. The molecular weight excluding hydrogens is 260 g/mol. The van der Waals surface area contributed by atoms with E-state index in [-0.39, 0.29) is 18.4 Å². The van der Waals surface area contributed by atoms with Crippen molar-refractivity contribution in [1.29, 1.82) is 0 Å². The molecule has 0 aliphatic heterocycles. The Hall–Kier alpha value is -1.04. The smallest absolute Gasteiger partial charge is 0.243 e. The van der Waals surface area contributed by atoms with E-state index in [0.29, 0.717) is 5.75 Å². The van der Waals surface area contributed by atoms with Gasteiger partial charge < -0.3 is 16.2 Å². The number of nitrogens with two attached hydrogens (primary N) is 1. The summed E-state index contributed by atoms with van der Waals surface area (Å²) in [4.78, 5) is 11.9. The van der Waals surface area contributed by atoms with Crippen molar-refractivity contribution in [2.24, 2.45) is 11.7 Å². The molecule has 0 radical (unpaired) electrons. The fraction of sp³-hybridized carbons (Fsp3) is 0.500. The van der Waals surface area contributed by atoms with Gasteiger partial charge in [-0.15, -0.1) is 0 Å². The van der Waals surface area contributed by atoms with Gasteiger partial charge in [-0.3, -0.25) is 4.79 Å². The van der Waals surface area contributed by atoms with Gasteiger partial charge in [0.05, 0.1) is 0 Å². The van der Waals surface area contributed by atoms with E-state index in [4.69, 9.17) is 10.8 Å². The average molecular weight is 282 g/mol. The van der Waals surface area contributed by atoms with Crippen LogP contribution in [0.25, 0.3) is 0 Å². The maximum Gasteiger partial charge on any atom is 0.243 e. The van der Waals surface area contributed by atoms with Gasteiger partial charge in [-0.2, -0.15) is 11.8 Å². The number of amides is 1. The zero-order chi connectivity index (χ0) is 14.3. The third-order valence-corrected chi connectivity index (χ3v) is 4.59. The van der Waals surface area contributed by atoms with Crippen LogP contribution in [0.2, 0.25) is 0 Å². The third kappa shape index (κ3) is 3.96. The van der Waals surface area contributed by atoms with Gasteiger partial charge in [0.15, 0.2) is 0 Å². The summed E-state index contributed by atoms with van der Waals surface area (Å²) in [7, 11) is 1.74. The lowest BCUT2D eigenvalue weighted by molar-refractivity contribution is -0.123. The molecule has 0 saturated heterocycles. The molecule has 0 fully saturated rings. The van der Waals surface area contributed by atoms with Crippen LogP contribution in [0.5, 0.6) is 0 Å². The van der Waals surface area contributed by atoms with Crippen LogP contribution in [0.4, 0.5) is 0 Å². The molecule has 19 heavy (non-hydrogen) atoms. The van der Waals surface area contributed by atoms with E-state index in [2.05, 4.69) is 5.32 Å². The maximum atomic E-state index is 11.9. The minimum Gasteiger partial charge on any atom is -0.396 e. The Morgan fingerprint density at radius 1 is 1.47 bits per heavy atom. The summed E-state index contributed by atoms with van der Waals surface area (Å²) in [5, 5.41) is 12.1. The van der Waals surface area contributed by atoms with Crippen molar-refractivity contribution in [3.8, 4) is 0 Å². The summed E-state index contributed by atoms with van der Waals surface area (Å²) < 4.78 is 0. The Morgan fingerprint density at radius 2 is 2.11 bits per heavy atom. The number of carbonyl (C=O) groups is 1. The third-order valence-electron chi connectivity index (χ3n) is 3.15. The molecule has 1 amide bonds. The first kappa shape index (κ1) is 16.0. The number of hydrogen-bond donors (Lipinski definition) is 3. The highest BCUT2D eigenvalue weighted by molar-refractivity contribution is 7.99. The van der Waals surface area contributed by atoms with E-state index in [9.17, 15) is 4.79 Å².